The van der Waals surface area contributed by atoms with Gasteiger partial charge in [-0.05, 0) is 23.5 Å². The van der Waals surface area contributed by atoms with Crippen LogP contribution in [0, 0.1) is 5.92 Å². The number of halogens is 1. The maximum absolute atomic E-state index is 11.4. The summed E-state index contributed by atoms with van der Waals surface area (Å²) in [6, 6.07) is 7.64. The highest BCUT2D eigenvalue weighted by molar-refractivity contribution is 6.20. The average Bonchev–Trinajstić information content (AvgIpc) is 2.28. The molecule has 17 heavy (non-hydrogen) atoms. The second-order valence-corrected chi connectivity index (χ2v) is 4.53. The van der Waals surface area contributed by atoms with Gasteiger partial charge >= 0.3 is 5.97 Å². The molecule has 0 heterocycles. The highest BCUT2D eigenvalue weighted by Gasteiger charge is 2.10. The van der Waals surface area contributed by atoms with Gasteiger partial charge in [-0.2, -0.15) is 0 Å². The maximum atomic E-state index is 11.4. The van der Waals surface area contributed by atoms with Crippen LogP contribution in [0.3, 0.4) is 0 Å². The molecule has 0 unspecified atom stereocenters. The summed E-state index contributed by atoms with van der Waals surface area (Å²) >= 11 is 5.33. The molecule has 0 fully saturated rings. The minimum atomic E-state index is -0.475. The van der Waals surface area contributed by atoms with Crippen LogP contribution in [-0.2, 0) is 16.0 Å². The van der Waals surface area contributed by atoms with Gasteiger partial charge in [0.1, 0.15) is 0 Å². The zero-order chi connectivity index (χ0) is 12.8. The summed E-state index contributed by atoms with van der Waals surface area (Å²) < 4.78 is 4.68. The Morgan fingerprint density at radius 3 is 2.41 bits per heavy atom. The van der Waals surface area contributed by atoms with Crippen molar-refractivity contribution in [1.82, 2.24) is 0 Å². The Morgan fingerprint density at radius 2 is 1.94 bits per heavy atom. The third-order valence-electron chi connectivity index (χ3n) is 2.38. The molecular weight excluding hydrogens is 236 g/mol. The fraction of sp³-hybridized carbons (Fsp3) is 0.357. The molecule has 3 heteroatoms. The number of benzene rings is 1. The average molecular weight is 253 g/mol. The molecule has 0 aliphatic carbocycles. The summed E-state index contributed by atoms with van der Waals surface area (Å²) in [7, 11) is 0. The molecule has 0 radical (unpaired) electrons. The smallest absolute Gasteiger partial charge is 0.339 e. The highest BCUT2D eigenvalue weighted by atomic mass is 35.5. The number of carbonyl (C=O) groups is 1. The van der Waals surface area contributed by atoms with E-state index in [1.807, 2.05) is 24.3 Å². The molecule has 92 valence electrons. The first-order chi connectivity index (χ1) is 8.04. The summed E-state index contributed by atoms with van der Waals surface area (Å²) in [6.45, 7) is 8.04. The summed E-state index contributed by atoms with van der Waals surface area (Å²) in [5, 5.41) is 0. The maximum Gasteiger partial charge on any atom is 0.339 e. The van der Waals surface area contributed by atoms with Crippen LogP contribution in [0.4, 0.5) is 0 Å². The van der Waals surface area contributed by atoms with Crippen LogP contribution in [0.2, 0.25) is 0 Å². The summed E-state index contributed by atoms with van der Waals surface area (Å²) in [6.07, 6.45) is 1.03. The van der Waals surface area contributed by atoms with Crippen molar-refractivity contribution in [3.8, 4) is 0 Å². The minimum absolute atomic E-state index is 0.150. The molecule has 0 saturated carbocycles. The summed E-state index contributed by atoms with van der Waals surface area (Å²) in [5.41, 5.74) is 2.36. The molecule has 1 rings (SSSR count). The molecule has 0 amide bonds. The van der Waals surface area contributed by atoms with Crippen molar-refractivity contribution in [2.24, 2.45) is 5.92 Å². The highest BCUT2D eigenvalue weighted by Crippen LogP contribution is 2.16. The summed E-state index contributed by atoms with van der Waals surface area (Å²) in [5.74, 6) is 0.141. The van der Waals surface area contributed by atoms with E-state index in [2.05, 4.69) is 25.2 Å². The van der Waals surface area contributed by atoms with Gasteiger partial charge in [0.15, 0.2) is 6.07 Å². The Bertz CT molecular complexity index is 393. The normalized spacial score (nSPS) is 10.4. The van der Waals surface area contributed by atoms with Gasteiger partial charge in [0.25, 0.3) is 0 Å². The molecule has 0 spiro atoms. The Morgan fingerprint density at radius 1 is 1.35 bits per heavy atom. The van der Waals surface area contributed by atoms with Crippen molar-refractivity contribution in [2.75, 3.05) is 6.07 Å². The third kappa shape index (κ3) is 4.23. The molecule has 0 saturated heterocycles. The van der Waals surface area contributed by atoms with Gasteiger partial charge in [-0.3, -0.25) is 0 Å². The quantitative estimate of drug-likeness (QED) is 0.454. The van der Waals surface area contributed by atoms with Crippen molar-refractivity contribution in [3.63, 3.8) is 0 Å². The zero-order valence-corrected chi connectivity index (χ0v) is 11.0. The molecule has 1 aromatic rings. The Labute approximate surface area is 107 Å². The van der Waals surface area contributed by atoms with Gasteiger partial charge in [-0.1, -0.05) is 56.3 Å². The number of carbonyl (C=O) groups excluding carboxylic acids is 1. The lowest BCUT2D eigenvalue weighted by atomic mass is 10.00. The second-order valence-electron chi connectivity index (χ2n) is 4.31. The standard InChI is InChI=1S/C14H17ClO2/c1-10(2)8-12-4-6-13(7-5-12)11(3)14(16)17-9-15/h4-7,10H,3,8-9H2,1-2H3. The molecule has 0 bridgehead atoms. The number of hydrogen-bond acceptors (Lipinski definition) is 2. The number of esters is 1. The van der Waals surface area contributed by atoms with E-state index < -0.39 is 5.97 Å². The molecule has 0 atom stereocenters. The number of rotatable bonds is 5. The molecule has 2 nitrogen and oxygen atoms in total. The monoisotopic (exact) mass is 252 g/mol. The molecule has 0 N–H and O–H groups in total. The Balaban J connectivity index is 2.73. The molecular formula is C14H17ClO2. The van der Waals surface area contributed by atoms with Crippen molar-refractivity contribution >= 4 is 23.1 Å². The SMILES string of the molecule is C=C(C(=O)OCCl)c1ccc(CC(C)C)cc1. The van der Waals surface area contributed by atoms with Gasteiger partial charge in [0, 0.05) is 0 Å². The number of alkyl halides is 1. The van der Waals surface area contributed by atoms with E-state index in [1.165, 1.54) is 5.56 Å². The van der Waals surface area contributed by atoms with Crippen LogP contribution in [0.25, 0.3) is 5.57 Å². The van der Waals surface area contributed by atoms with Gasteiger partial charge in [-0.25, -0.2) is 4.79 Å². The minimum Gasteiger partial charge on any atom is -0.446 e. The first-order valence-electron chi connectivity index (χ1n) is 5.56. The van der Waals surface area contributed by atoms with Crippen LogP contribution in [0.15, 0.2) is 30.8 Å². The van der Waals surface area contributed by atoms with Crippen LogP contribution in [0.1, 0.15) is 25.0 Å². The third-order valence-corrected chi connectivity index (χ3v) is 2.49. The van der Waals surface area contributed by atoms with Crippen molar-refractivity contribution in [1.29, 1.82) is 0 Å². The van der Waals surface area contributed by atoms with E-state index in [0.717, 1.165) is 12.0 Å². The van der Waals surface area contributed by atoms with E-state index in [0.29, 0.717) is 11.5 Å². The van der Waals surface area contributed by atoms with Crippen molar-refractivity contribution in [2.45, 2.75) is 20.3 Å². The number of hydrogen-bond donors (Lipinski definition) is 0. The first kappa shape index (κ1) is 13.8. The van der Waals surface area contributed by atoms with Gasteiger partial charge in [0.2, 0.25) is 0 Å². The fourth-order valence-corrected chi connectivity index (χ4v) is 1.67. The molecule has 0 aliphatic heterocycles. The molecule has 0 aliphatic rings. The van der Waals surface area contributed by atoms with Crippen LogP contribution >= 0.6 is 11.6 Å². The van der Waals surface area contributed by atoms with Crippen LogP contribution in [0.5, 0.6) is 0 Å². The lowest BCUT2D eigenvalue weighted by Gasteiger charge is -2.07. The van der Waals surface area contributed by atoms with Crippen molar-refractivity contribution in [3.05, 3.63) is 42.0 Å². The van der Waals surface area contributed by atoms with Gasteiger partial charge in [-0.15, -0.1) is 0 Å². The van der Waals surface area contributed by atoms with Crippen molar-refractivity contribution < 1.29 is 9.53 Å². The van der Waals surface area contributed by atoms with E-state index in [9.17, 15) is 4.79 Å². The van der Waals surface area contributed by atoms with E-state index in [-0.39, 0.29) is 6.07 Å². The predicted octanol–water partition coefficient (Wildman–Crippen LogP) is 3.64. The van der Waals surface area contributed by atoms with Crippen LogP contribution in [-0.4, -0.2) is 12.0 Å². The largest absolute Gasteiger partial charge is 0.446 e. The fourth-order valence-electron chi connectivity index (χ4n) is 1.57. The molecule has 1 aromatic carbocycles. The zero-order valence-electron chi connectivity index (χ0n) is 10.2. The topological polar surface area (TPSA) is 26.3 Å². The summed E-state index contributed by atoms with van der Waals surface area (Å²) in [4.78, 5) is 11.4. The Kier molecular flexibility index (Phi) is 5.23. The molecule has 0 aromatic heterocycles. The van der Waals surface area contributed by atoms with E-state index in [4.69, 9.17) is 11.6 Å². The first-order valence-corrected chi connectivity index (χ1v) is 6.09. The van der Waals surface area contributed by atoms with E-state index >= 15 is 0 Å². The Hall–Kier alpha value is -1.28. The van der Waals surface area contributed by atoms with Crippen LogP contribution < -0.4 is 0 Å². The van der Waals surface area contributed by atoms with E-state index in [1.54, 1.807) is 0 Å². The van der Waals surface area contributed by atoms with Gasteiger partial charge in [0.05, 0.1) is 5.57 Å². The second kappa shape index (κ2) is 6.45. The number of ether oxygens (including phenoxy) is 1. The predicted molar refractivity (Wildman–Crippen MR) is 70.8 cm³/mol. The van der Waals surface area contributed by atoms with Gasteiger partial charge < -0.3 is 4.74 Å². The lowest BCUT2D eigenvalue weighted by Crippen LogP contribution is -2.05. The lowest BCUT2D eigenvalue weighted by molar-refractivity contribution is -0.134.